The van der Waals surface area contributed by atoms with E-state index in [-0.39, 0.29) is 11.9 Å². The van der Waals surface area contributed by atoms with Gasteiger partial charge >= 0.3 is 0 Å². The summed E-state index contributed by atoms with van der Waals surface area (Å²) in [6.07, 6.45) is 5.59. The van der Waals surface area contributed by atoms with Gasteiger partial charge in [0.05, 0.1) is 0 Å². The third kappa shape index (κ3) is 5.60. The predicted octanol–water partition coefficient (Wildman–Crippen LogP) is 2.38. The largest absolute Gasteiger partial charge is 0.448 e. The minimum absolute atomic E-state index is 0.130. The predicted molar refractivity (Wildman–Crippen MR) is 95.3 cm³/mol. The van der Waals surface area contributed by atoms with Crippen LogP contribution >= 0.6 is 0 Å². The van der Waals surface area contributed by atoms with E-state index in [1.165, 1.54) is 6.26 Å². The summed E-state index contributed by atoms with van der Waals surface area (Å²) in [5, 5.41) is 6.35. The van der Waals surface area contributed by atoms with Gasteiger partial charge in [-0.2, -0.15) is 0 Å². The van der Waals surface area contributed by atoms with Crippen LogP contribution in [-0.4, -0.2) is 54.6 Å². The minimum Gasteiger partial charge on any atom is -0.448 e. The molecule has 0 spiro atoms. The SMILES string of the molecule is CCN(CC)CCCC(C)NC(=O)c1coc(C2CCNCC2)n1. The summed E-state index contributed by atoms with van der Waals surface area (Å²) in [5.41, 5.74) is 0.402. The number of oxazole rings is 1. The van der Waals surface area contributed by atoms with Crippen molar-refractivity contribution < 1.29 is 9.21 Å². The molecule has 0 saturated carbocycles. The molecule has 2 N–H and O–H groups in total. The van der Waals surface area contributed by atoms with Gasteiger partial charge in [-0.1, -0.05) is 13.8 Å². The van der Waals surface area contributed by atoms with Crippen molar-refractivity contribution in [3.63, 3.8) is 0 Å². The molecule has 0 radical (unpaired) electrons. The normalized spacial score (nSPS) is 17.2. The van der Waals surface area contributed by atoms with Crippen molar-refractivity contribution in [3.8, 4) is 0 Å². The molecule has 0 aliphatic carbocycles. The Morgan fingerprint density at radius 1 is 1.42 bits per heavy atom. The van der Waals surface area contributed by atoms with E-state index in [0.717, 1.165) is 58.4 Å². The minimum atomic E-state index is -0.130. The van der Waals surface area contributed by atoms with Crippen LogP contribution in [0.2, 0.25) is 0 Å². The molecule has 6 nitrogen and oxygen atoms in total. The van der Waals surface area contributed by atoms with Crippen molar-refractivity contribution in [2.75, 3.05) is 32.7 Å². The van der Waals surface area contributed by atoms with E-state index >= 15 is 0 Å². The highest BCUT2D eigenvalue weighted by Crippen LogP contribution is 2.24. The van der Waals surface area contributed by atoms with Gasteiger partial charge in [0.1, 0.15) is 6.26 Å². The van der Waals surface area contributed by atoms with Gasteiger partial charge in [-0.25, -0.2) is 4.98 Å². The second kappa shape index (κ2) is 9.79. The van der Waals surface area contributed by atoms with Gasteiger partial charge in [-0.3, -0.25) is 4.79 Å². The highest BCUT2D eigenvalue weighted by atomic mass is 16.3. The summed E-state index contributed by atoms with van der Waals surface area (Å²) in [6, 6.07) is 0.145. The first-order valence-electron chi connectivity index (χ1n) is 9.33. The molecule has 2 rings (SSSR count). The molecule has 1 fully saturated rings. The molecule has 1 unspecified atom stereocenters. The van der Waals surface area contributed by atoms with E-state index in [1.54, 1.807) is 0 Å². The quantitative estimate of drug-likeness (QED) is 0.724. The van der Waals surface area contributed by atoms with E-state index < -0.39 is 0 Å². The van der Waals surface area contributed by atoms with Crippen molar-refractivity contribution in [1.29, 1.82) is 0 Å². The summed E-state index contributed by atoms with van der Waals surface area (Å²) in [5.74, 6) is 0.907. The van der Waals surface area contributed by atoms with E-state index in [9.17, 15) is 4.79 Å². The first kappa shape index (κ1) is 18.9. The van der Waals surface area contributed by atoms with Crippen molar-refractivity contribution in [2.24, 2.45) is 0 Å². The molecule has 136 valence electrons. The molecule has 1 saturated heterocycles. The average molecular weight is 336 g/mol. The van der Waals surface area contributed by atoms with Crippen LogP contribution in [-0.2, 0) is 0 Å². The number of carbonyl (C=O) groups excluding carboxylic acids is 1. The zero-order valence-electron chi connectivity index (χ0n) is 15.3. The molecule has 0 bridgehead atoms. The number of piperidine rings is 1. The topological polar surface area (TPSA) is 70.4 Å². The molecule has 24 heavy (non-hydrogen) atoms. The summed E-state index contributed by atoms with van der Waals surface area (Å²) < 4.78 is 5.54. The first-order chi connectivity index (χ1) is 11.6. The van der Waals surface area contributed by atoms with Crippen LogP contribution in [0.15, 0.2) is 10.7 Å². The lowest BCUT2D eigenvalue weighted by molar-refractivity contribution is 0.0932. The van der Waals surface area contributed by atoms with E-state index in [4.69, 9.17) is 4.42 Å². The van der Waals surface area contributed by atoms with Gasteiger partial charge in [0.2, 0.25) is 0 Å². The Hall–Kier alpha value is -1.40. The maximum atomic E-state index is 12.3. The average Bonchev–Trinajstić information content (AvgIpc) is 3.10. The van der Waals surface area contributed by atoms with E-state index in [1.807, 2.05) is 6.92 Å². The van der Waals surface area contributed by atoms with Crippen molar-refractivity contribution in [3.05, 3.63) is 17.8 Å². The third-order valence-electron chi connectivity index (χ3n) is 4.83. The monoisotopic (exact) mass is 336 g/mol. The highest BCUT2D eigenvalue weighted by Gasteiger charge is 2.22. The van der Waals surface area contributed by atoms with Crippen LogP contribution in [0.3, 0.4) is 0 Å². The number of aromatic nitrogens is 1. The molecule has 0 aromatic carbocycles. The van der Waals surface area contributed by atoms with Crippen LogP contribution in [0.1, 0.15) is 68.8 Å². The molecule has 1 aliphatic heterocycles. The fraction of sp³-hybridized carbons (Fsp3) is 0.778. The van der Waals surface area contributed by atoms with Crippen LogP contribution in [0.5, 0.6) is 0 Å². The number of rotatable bonds is 9. The Morgan fingerprint density at radius 3 is 2.79 bits per heavy atom. The summed E-state index contributed by atoms with van der Waals surface area (Å²) in [7, 11) is 0. The summed E-state index contributed by atoms with van der Waals surface area (Å²) in [4.78, 5) is 19.1. The Bertz CT molecular complexity index is 493. The fourth-order valence-corrected chi connectivity index (χ4v) is 3.18. The number of hydrogen-bond donors (Lipinski definition) is 2. The summed E-state index contributed by atoms with van der Waals surface area (Å²) >= 11 is 0. The Balaban J connectivity index is 1.76. The number of carbonyl (C=O) groups is 1. The van der Waals surface area contributed by atoms with Gasteiger partial charge in [0.15, 0.2) is 11.6 Å². The summed E-state index contributed by atoms with van der Waals surface area (Å²) in [6.45, 7) is 11.6. The van der Waals surface area contributed by atoms with Gasteiger partial charge in [-0.05, 0) is 65.3 Å². The second-order valence-corrected chi connectivity index (χ2v) is 6.64. The molecule has 1 atom stereocenters. The molecular formula is C18H32N4O2. The Morgan fingerprint density at radius 2 is 2.12 bits per heavy atom. The first-order valence-corrected chi connectivity index (χ1v) is 9.33. The van der Waals surface area contributed by atoms with Crippen molar-refractivity contribution in [2.45, 2.75) is 58.4 Å². The molecule has 1 aromatic heterocycles. The molecule has 1 aromatic rings. The van der Waals surface area contributed by atoms with Gasteiger partial charge < -0.3 is 20.0 Å². The molecular weight excluding hydrogens is 304 g/mol. The van der Waals surface area contributed by atoms with Crippen molar-refractivity contribution in [1.82, 2.24) is 20.5 Å². The standard InChI is InChI=1S/C18H32N4O2/c1-4-22(5-2)12-6-7-14(3)20-17(23)16-13-24-18(21-16)15-8-10-19-11-9-15/h13-15,19H,4-12H2,1-3H3,(H,20,23). The molecule has 6 heteroatoms. The van der Waals surface area contributed by atoms with Gasteiger partial charge in [0, 0.05) is 12.0 Å². The zero-order valence-corrected chi connectivity index (χ0v) is 15.3. The lowest BCUT2D eigenvalue weighted by Crippen LogP contribution is -2.34. The van der Waals surface area contributed by atoms with Crippen LogP contribution in [0.4, 0.5) is 0 Å². The second-order valence-electron chi connectivity index (χ2n) is 6.64. The van der Waals surface area contributed by atoms with E-state index in [0.29, 0.717) is 17.5 Å². The van der Waals surface area contributed by atoms with Crippen LogP contribution in [0.25, 0.3) is 0 Å². The Kier molecular flexibility index (Phi) is 7.72. The number of hydrogen-bond acceptors (Lipinski definition) is 5. The van der Waals surface area contributed by atoms with Crippen molar-refractivity contribution >= 4 is 5.91 Å². The third-order valence-corrected chi connectivity index (χ3v) is 4.83. The number of nitrogens with one attached hydrogen (secondary N) is 2. The lowest BCUT2D eigenvalue weighted by Gasteiger charge is -2.19. The van der Waals surface area contributed by atoms with Crippen LogP contribution in [0, 0.1) is 0 Å². The van der Waals surface area contributed by atoms with Gasteiger partial charge in [0.25, 0.3) is 5.91 Å². The molecule has 2 heterocycles. The number of amides is 1. The molecule has 1 amide bonds. The smallest absolute Gasteiger partial charge is 0.273 e. The maximum absolute atomic E-state index is 12.3. The lowest BCUT2D eigenvalue weighted by atomic mass is 9.98. The van der Waals surface area contributed by atoms with Gasteiger partial charge in [-0.15, -0.1) is 0 Å². The zero-order chi connectivity index (χ0) is 17.4. The molecule has 1 aliphatic rings. The van der Waals surface area contributed by atoms with E-state index in [2.05, 4.69) is 34.4 Å². The highest BCUT2D eigenvalue weighted by molar-refractivity contribution is 5.92. The Labute approximate surface area is 145 Å². The van der Waals surface area contributed by atoms with Crippen LogP contribution < -0.4 is 10.6 Å². The maximum Gasteiger partial charge on any atom is 0.273 e. The number of nitrogens with zero attached hydrogens (tertiary/aromatic N) is 2. The fourth-order valence-electron chi connectivity index (χ4n) is 3.18.